The zero-order chi connectivity index (χ0) is 5.98. The highest BCUT2D eigenvalue weighted by atomic mass is 16.3. The maximum absolute atomic E-state index is 8.57. The fourth-order valence-corrected chi connectivity index (χ4v) is 0.658. The molecule has 0 radical (unpaired) electrons. The number of hydrogen-bond donors (Lipinski definition) is 1. The van der Waals surface area contributed by atoms with Gasteiger partial charge in [0.2, 0.25) is 0 Å². The van der Waals surface area contributed by atoms with E-state index in [9.17, 15) is 0 Å². The smallest absolute Gasteiger partial charge is 0.119 e. The van der Waals surface area contributed by atoms with Crippen molar-refractivity contribution in [3.8, 4) is 0 Å². The molecule has 0 aliphatic heterocycles. The van der Waals surface area contributed by atoms with E-state index < -0.39 is 0 Å². The molecule has 0 unspecified atom stereocenters. The highest BCUT2D eigenvalue weighted by Gasteiger charge is 1.87. The quantitative estimate of drug-likeness (QED) is 0.568. The Bertz CT molecular complexity index is 169. The maximum atomic E-state index is 8.57. The molecular weight excluding hydrogens is 102 g/mol. The molecule has 44 valence electrons. The lowest BCUT2D eigenvalue weighted by Crippen LogP contribution is -1.95. The van der Waals surface area contributed by atoms with Crippen molar-refractivity contribution in [2.45, 2.75) is 13.7 Å². The number of aliphatic hydroxyl groups excluding tert-OH is 1. The molecule has 1 heterocycles. The average molecular weight is 111 g/mol. The summed E-state index contributed by atoms with van der Waals surface area (Å²) in [6.45, 7) is 2.04. The molecule has 0 atom stereocenters. The van der Waals surface area contributed by atoms with E-state index in [1.54, 1.807) is 4.57 Å². The summed E-state index contributed by atoms with van der Waals surface area (Å²) >= 11 is 0. The van der Waals surface area contributed by atoms with E-state index in [1.165, 1.54) is 0 Å². The van der Waals surface area contributed by atoms with Gasteiger partial charge in [-0.05, 0) is 19.1 Å². The third kappa shape index (κ3) is 0.746. The van der Waals surface area contributed by atoms with E-state index in [1.807, 2.05) is 25.3 Å². The van der Waals surface area contributed by atoms with Gasteiger partial charge in [-0.3, -0.25) is 0 Å². The van der Waals surface area contributed by atoms with Crippen molar-refractivity contribution in [2.75, 3.05) is 0 Å². The van der Waals surface area contributed by atoms with Gasteiger partial charge in [-0.15, -0.1) is 0 Å². The second-order valence-electron chi connectivity index (χ2n) is 1.76. The minimum absolute atomic E-state index is 0.0822. The standard InChI is InChI=1S/C6H9NO/c1-6-3-2-4-7(6)5-8/h2-4,8H,5H2,1H3. The van der Waals surface area contributed by atoms with Crippen LogP contribution in [0.5, 0.6) is 0 Å². The molecule has 1 N–H and O–H groups in total. The fraction of sp³-hybridized carbons (Fsp3) is 0.333. The van der Waals surface area contributed by atoms with E-state index in [-0.39, 0.29) is 6.73 Å². The van der Waals surface area contributed by atoms with Gasteiger partial charge in [-0.2, -0.15) is 0 Å². The number of aromatic nitrogens is 1. The Labute approximate surface area is 48.4 Å². The third-order valence-electron chi connectivity index (χ3n) is 1.21. The molecule has 0 fully saturated rings. The summed E-state index contributed by atoms with van der Waals surface area (Å²) in [6.07, 6.45) is 1.84. The highest BCUT2D eigenvalue weighted by Crippen LogP contribution is 1.96. The van der Waals surface area contributed by atoms with Gasteiger partial charge in [-0.1, -0.05) is 0 Å². The minimum Gasteiger partial charge on any atom is -0.376 e. The molecule has 0 saturated carbocycles. The normalized spacial score (nSPS) is 9.75. The molecular formula is C6H9NO. The Hall–Kier alpha value is -0.760. The monoisotopic (exact) mass is 111 g/mol. The predicted molar refractivity (Wildman–Crippen MR) is 31.4 cm³/mol. The van der Waals surface area contributed by atoms with Gasteiger partial charge in [0.1, 0.15) is 6.73 Å². The first-order valence-corrected chi connectivity index (χ1v) is 2.57. The first-order chi connectivity index (χ1) is 3.84. The van der Waals surface area contributed by atoms with Crippen LogP contribution in [0.15, 0.2) is 18.3 Å². The van der Waals surface area contributed by atoms with E-state index >= 15 is 0 Å². The second-order valence-corrected chi connectivity index (χ2v) is 1.76. The Morgan fingerprint density at radius 1 is 1.75 bits per heavy atom. The summed E-state index contributed by atoms with van der Waals surface area (Å²) in [5.41, 5.74) is 1.09. The lowest BCUT2D eigenvalue weighted by Gasteiger charge is -1.96. The van der Waals surface area contributed by atoms with Crippen molar-refractivity contribution in [1.82, 2.24) is 4.57 Å². The van der Waals surface area contributed by atoms with Crippen molar-refractivity contribution in [3.63, 3.8) is 0 Å². The van der Waals surface area contributed by atoms with E-state index in [2.05, 4.69) is 0 Å². The number of aryl methyl sites for hydroxylation is 1. The van der Waals surface area contributed by atoms with Crippen LogP contribution in [0.4, 0.5) is 0 Å². The zero-order valence-electron chi connectivity index (χ0n) is 4.83. The zero-order valence-corrected chi connectivity index (χ0v) is 4.83. The van der Waals surface area contributed by atoms with Gasteiger partial charge >= 0.3 is 0 Å². The molecule has 2 heteroatoms. The van der Waals surface area contributed by atoms with Crippen LogP contribution in [-0.2, 0) is 6.73 Å². The van der Waals surface area contributed by atoms with Crippen LogP contribution in [0, 0.1) is 6.92 Å². The van der Waals surface area contributed by atoms with Gasteiger partial charge in [0, 0.05) is 11.9 Å². The van der Waals surface area contributed by atoms with Crippen LogP contribution in [0.25, 0.3) is 0 Å². The van der Waals surface area contributed by atoms with E-state index in [0.717, 1.165) is 5.69 Å². The van der Waals surface area contributed by atoms with Crippen LogP contribution in [0.1, 0.15) is 5.69 Å². The SMILES string of the molecule is Cc1cccn1CO. The molecule has 1 aromatic heterocycles. The number of rotatable bonds is 1. The van der Waals surface area contributed by atoms with Gasteiger partial charge in [0.05, 0.1) is 0 Å². The molecule has 0 aliphatic rings. The van der Waals surface area contributed by atoms with Gasteiger partial charge in [0.15, 0.2) is 0 Å². The summed E-state index contributed by atoms with van der Waals surface area (Å²) < 4.78 is 1.76. The third-order valence-corrected chi connectivity index (χ3v) is 1.21. The maximum Gasteiger partial charge on any atom is 0.119 e. The largest absolute Gasteiger partial charge is 0.376 e. The fourth-order valence-electron chi connectivity index (χ4n) is 0.658. The lowest BCUT2D eigenvalue weighted by molar-refractivity contribution is 0.208. The molecule has 8 heavy (non-hydrogen) atoms. The molecule has 1 rings (SSSR count). The molecule has 0 aromatic carbocycles. The van der Waals surface area contributed by atoms with Crippen molar-refractivity contribution in [1.29, 1.82) is 0 Å². The lowest BCUT2D eigenvalue weighted by atomic mass is 10.5. The summed E-state index contributed by atoms with van der Waals surface area (Å²) in [5, 5.41) is 8.57. The van der Waals surface area contributed by atoms with Crippen LogP contribution in [0.2, 0.25) is 0 Å². The number of nitrogens with zero attached hydrogens (tertiary/aromatic N) is 1. The van der Waals surface area contributed by atoms with Crippen LogP contribution < -0.4 is 0 Å². The van der Waals surface area contributed by atoms with Gasteiger partial charge < -0.3 is 9.67 Å². The molecule has 0 saturated heterocycles. The van der Waals surface area contributed by atoms with Crippen LogP contribution in [0.3, 0.4) is 0 Å². The van der Waals surface area contributed by atoms with Crippen molar-refractivity contribution in [2.24, 2.45) is 0 Å². The average Bonchev–Trinajstić information content (AvgIpc) is 2.14. The number of aliphatic hydroxyl groups is 1. The minimum atomic E-state index is 0.0822. The van der Waals surface area contributed by atoms with Crippen LogP contribution in [-0.4, -0.2) is 9.67 Å². The van der Waals surface area contributed by atoms with Crippen LogP contribution >= 0.6 is 0 Å². The Morgan fingerprint density at radius 2 is 2.50 bits per heavy atom. The summed E-state index contributed by atoms with van der Waals surface area (Å²) in [7, 11) is 0. The first kappa shape index (κ1) is 5.38. The van der Waals surface area contributed by atoms with E-state index in [4.69, 9.17) is 5.11 Å². The molecule has 0 bridgehead atoms. The summed E-state index contributed by atoms with van der Waals surface area (Å²) in [5.74, 6) is 0. The molecule has 0 aliphatic carbocycles. The Balaban J connectivity index is 2.92. The Kier molecular flexibility index (Phi) is 1.35. The first-order valence-electron chi connectivity index (χ1n) is 2.57. The molecule has 0 spiro atoms. The van der Waals surface area contributed by atoms with Crippen molar-refractivity contribution < 1.29 is 5.11 Å². The molecule has 1 aromatic rings. The van der Waals surface area contributed by atoms with Gasteiger partial charge in [-0.25, -0.2) is 0 Å². The van der Waals surface area contributed by atoms with Gasteiger partial charge in [0.25, 0.3) is 0 Å². The van der Waals surface area contributed by atoms with E-state index in [0.29, 0.717) is 0 Å². The predicted octanol–water partition coefficient (Wildman–Crippen LogP) is 0.746. The molecule has 2 nitrogen and oxygen atoms in total. The van der Waals surface area contributed by atoms with Crippen molar-refractivity contribution in [3.05, 3.63) is 24.0 Å². The van der Waals surface area contributed by atoms with Crippen molar-refractivity contribution >= 4 is 0 Å². The summed E-state index contributed by atoms with van der Waals surface area (Å²) in [6, 6.07) is 3.86. The number of hydrogen-bond acceptors (Lipinski definition) is 1. The molecule has 0 amide bonds. The summed E-state index contributed by atoms with van der Waals surface area (Å²) in [4.78, 5) is 0. The Morgan fingerprint density at radius 3 is 2.75 bits per heavy atom. The topological polar surface area (TPSA) is 25.2 Å². The second kappa shape index (κ2) is 2.01. The highest BCUT2D eigenvalue weighted by molar-refractivity contribution is 5.03.